The Morgan fingerprint density at radius 1 is 1.07 bits per heavy atom. The maximum absolute atomic E-state index is 12.6. The van der Waals surface area contributed by atoms with Gasteiger partial charge in [-0.3, -0.25) is 9.52 Å². The molecule has 3 N–H and O–H groups in total. The number of aromatic hydroxyl groups is 1. The van der Waals surface area contributed by atoms with Crippen molar-refractivity contribution in [3.05, 3.63) is 82.9 Å². The number of benzene rings is 3. The summed E-state index contributed by atoms with van der Waals surface area (Å²) in [5.41, 5.74) is 1.22. The first-order valence-corrected chi connectivity index (χ1v) is 10.7. The van der Waals surface area contributed by atoms with Gasteiger partial charge < -0.3 is 15.2 Å². The predicted octanol–water partition coefficient (Wildman–Crippen LogP) is 3.79. The molecule has 3 aromatic carbocycles. The Labute approximate surface area is 179 Å². The summed E-state index contributed by atoms with van der Waals surface area (Å²) < 4.78 is 32.8. The minimum absolute atomic E-state index is 0.00214. The first kappa shape index (κ1) is 21.5. The number of anilines is 1. The first-order valence-electron chi connectivity index (χ1n) is 8.81. The van der Waals surface area contributed by atoms with Gasteiger partial charge in [0.15, 0.2) is 11.5 Å². The van der Waals surface area contributed by atoms with Crippen molar-refractivity contribution in [1.29, 1.82) is 0 Å². The van der Waals surface area contributed by atoms with E-state index in [-0.39, 0.29) is 22.8 Å². The van der Waals surface area contributed by atoms with Crippen LogP contribution in [0.5, 0.6) is 11.5 Å². The molecule has 7 nitrogen and oxygen atoms in total. The second-order valence-electron chi connectivity index (χ2n) is 6.33. The summed E-state index contributed by atoms with van der Waals surface area (Å²) in [4.78, 5) is 12.4. The Morgan fingerprint density at radius 3 is 2.57 bits per heavy atom. The summed E-state index contributed by atoms with van der Waals surface area (Å²) in [6.07, 6.45) is 0. The zero-order chi connectivity index (χ0) is 21.7. The molecule has 9 heteroatoms. The standard InChI is InChI=1S/C21H19ClN2O5S/c1-29-20-10-14(8-9-19(20)25)13-23-21(26)15-4-2-7-18(11-15)30(27,28)24-17-6-3-5-16(22)12-17/h2-12,24-25H,13H2,1H3,(H,23,26). The van der Waals surface area contributed by atoms with Crippen LogP contribution in [0, 0.1) is 0 Å². The van der Waals surface area contributed by atoms with E-state index < -0.39 is 15.9 Å². The van der Waals surface area contributed by atoms with Gasteiger partial charge in [-0.05, 0) is 54.1 Å². The molecule has 0 bridgehead atoms. The quantitative estimate of drug-likeness (QED) is 0.512. The lowest BCUT2D eigenvalue weighted by Gasteiger charge is -2.11. The second-order valence-corrected chi connectivity index (χ2v) is 8.45. The fraction of sp³-hybridized carbons (Fsp3) is 0.0952. The maximum Gasteiger partial charge on any atom is 0.261 e. The number of carbonyl (C=O) groups excluding carboxylic acids is 1. The average Bonchev–Trinajstić information content (AvgIpc) is 2.72. The number of phenolic OH excluding ortho intramolecular Hbond substituents is 1. The minimum Gasteiger partial charge on any atom is -0.504 e. The topological polar surface area (TPSA) is 105 Å². The fourth-order valence-electron chi connectivity index (χ4n) is 2.69. The number of phenols is 1. The number of amides is 1. The van der Waals surface area contributed by atoms with Crippen molar-refractivity contribution in [2.75, 3.05) is 11.8 Å². The highest BCUT2D eigenvalue weighted by Gasteiger charge is 2.17. The van der Waals surface area contributed by atoms with Gasteiger partial charge >= 0.3 is 0 Å². The SMILES string of the molecule is COc1cc(CNC(=O)c2cccc(S(=O)(=O)Nc3cccc(Cl)c3)c2)ccc1O. The van der Waals surface area contributed by atoms with E-state index in [1.165, 1.54) is 43.5 Å². The molecule has 0 saturated carbocycles. The lowest BCUT2D eigenvalue weighted by Crippen LogP contribution is -2.23. The number of sulfonamides is 1. The van der Waals surface area contributed by atoms with Crippen LogP contribution >= 0.6 is 11.6 Å². The van der Waals surface area contributed by atoms with Crippen molar-refractivity contribution in [1.82, 2.24) is 5.32 Å². The van der Waals surface area contributed by atoms with Gasteiger partial charge in [-0.1, -0.05) is 29.8 Å². The van der Waals surface area contributed by atoms with E-state index in [1.807, 2.05) is 0 Å². The lowest BCUT2D eigenvalue weighted by atomic mass is 10.1. The van der Waals surface area contributed by atoms with Gasteiger partial charge in [0.1, 0.15) is 0 Å². The molecule has 0 aliphatic heterocycles. The van der Waals surface area contributed by atoms with Crippen LogP contribution in [0.3, 0.4) is 0 Å². The van der Waals surface area contributed by atoms with Crippen LogP contribution in [0.25, 0.3) is 0 Å². The highest BCUT2D eigenvalue weighted by atomic mass is 35.5. The summed E-state index contributed by atoms with van der Waals surface area (Å²) >= 11 is 5.89. The van der Waals surface area contributed by atoms with E-state index >= 15 is 0 Å². The molecule has 156 valence electrons. The van der Waals surface area contributed by atoms with Gasteiger partial charge in [-0.15, -0.1) is 0 Å². The molecule has 0 fully saturated rings. The zero-order valence-electron chi connectivity index (χ0n) is 15.9. The molecule has 0 radical (unpaired) electrons. The molecule has 0 spiro atoms. The van der Waals surface area contributed by atoms with Gasteiger partial charge in [-0.2, -0.15) is 0 Å². The minimum atomic E-state index is -3.90. The number of nitrogens with one attached hydrogen (secondary N) is 2. The van der Waals surface area contributed by atoms with E-state index in [1.54, 1.807) is 30.3 Å². The number of hydrogen-bond donors (Lipinski definition) is 3. The molecule has 0 aliphatic carbocycles. The summed E-state index contributed by atoms with van der Waals surface area (Å²) in [6.45, 7) is 0.174. The van der Waals surface area contributed by atoms with Crippen LogP contribution in [0.4, 0.5) is 5.69 Å². The highest BCUT2D eigenvalue weighted by Crippen LogP contribution is 2.26. The number of hydrogen-bond acceptors (Lipinski definition) is 5. The normalized spacial score (nSPS) is 11.0. The summed E-state index contributed by atoms with van der Waals surface area (Å²) in [7, 11) is -2.47. The average molecular weight is 447 g/mol. The third kappa shape index (κ3) is 5.22. The molecule has 0 aliphatic rings. The van der Waals surface area contributed by atoms with Crippen molar-refractivity contribution in [2.24, 2.45) is 0 Å². The van der Waals surface area contributed by atoms with Crippen LogP contribution in [-0.4, -0.2) is 26.5 Å². The van der Waals surface area contributed by atoms with Gasteiger partial charge in [0, 0.05) is 17.1 Å². The van der Waals surface area contributed by atoms with Crippen molar-refractivity contribution in [3.63, 3.8) is 0 Å². The van der Waals surface area contributed by atoms with E-state index in [4.69, 9.17) is 16.3 Å². The summed E-state index contributed by atoms with van der Waals surface area (Å²) in [5, 5.41) is 12.7. The molecular formula is C21H19ClN2O5S. The van der Waals surface area contributed by atoms with Crippen LogP contribution < -0.4 is 14.8 Å². The molecule has 0 heterocycles. The van der Waals surface area contributed by atoms with Gasteiger partial charge in [0.05, 0.1) is 17.7 Å². The molecular weight excluding hydrogens is 428 g/mol. The molecule has 1 amide bonds. The number of carbonyl (C=O) groups is 1. The molecule has 3 rings (SSSR count). The van der Waals surface area contributed by atoms with Crippen molar-refractivity contribution in [2.45, 2.75) is 11.4 Å². The van der Waals surface area contributed by atoms with E-state index in [9.17, 15) is 18.3 Å². The van der Waals surface area contributed by atoms with Crippen molar-refractivity contribution >= 4 is 33.2 Å². The van der Waals surface area contributed by atoms with Crippen molar-refractivity contribution < 1.29 is 23.1 Å². The van der Waals surface area contributed by atoms with Crippen molar-refractivity contribution in [3.8, 4) is 11.5 Å². The number of ether oxygens (including phenoxy) is 1. The Morgan fingerprint density at radius 2 is 1.83 bits per heavy atom. The highest BCUT2D eigenvalue weighted by molar-refractivity contribution is 7.92. The third-order valence-electron chi connectivity index (χ3n) is 4.18. The summed E-state index contributed by atoms with van der Waals surface area (Å²) in [6, 6.07) is 16.7. The van der Waals surface area contributed by atoms with Gasteiger partial charge in [-0.25, -0.2) is 8.42 Å². The largest absolute Gasteiger partial charge is 0.504 e. The fourth-order valence-corrected chi connectivity index (χ4v) is 3.97. The molecule has 0 atom stereocenters. The third-order valence-corrected chi connectivity index (χ3v) is 5.79. The number of halogens is 1. The molecule has 0 saturated heterocycles. The monoisotopic (exact) mass is 446 g/mol. The predicted molar refractivity (Wildman–Crippen MR) is 115 cm³/mol. The number of rotatable bonds is 7. The second kappa shape index (κ2) is 9.06. The maximum atomic E-state index is 12.6. The lowest BCUT2D eigenvalue weighted by molar-refractivity contribution is 0.0950. The van der Waals surface area contributed by atoms with Gasteiger partial charge in [0.2, 0.25) is 0 Å². The zero-order valence-corrected chi connectivity index (χ0v) is 17.5. The van der Waals surface area contributed by atoms with Crippen LogP contribution in [-0.2, 0) is 16.6 Å². The molecule has 0 unspecified atom stereocenters. The Hall–Kier alpha value is -3.23. The van der Waals surface area contributed by atoms with Crippen LogP contribution in [0.2, 0.25) is 5.02 Å². The van der Waals surface area contributed by atoms with E-state index in [0.29, 0.717) is 22.0 Å². The van der Waals surface area contributed by atoms with Crippen LogP contribution in [0.15, 0.2) is 71.6 Å². The summed E-state index contributed by atoms with van der Waals surface area (Å²) in [5.74, 6) is -0.151. The van der Waals surface area contributed by atoms with E-state index in [2.05, 4.69) is 10.0 Å². The molecule has 30 heavy (non-hydrogen) atoms. The smallest absolute Gasteiger partial charge is 0.261 e. The van der Waals surface area contributed by atoms with Gasteiger partial charge in [0.25, 0.3) is 15.9 Å². The Balaban J connectivity index is 1.73. The Bertz CT molecular complexity index is 1180. The molecule has 3 aromatic rings. The first-order chi connectivity index (χ1) is 14.3. The molecule has 0 aromatic heterocycles. The Kier molecular flexibility index (Phi) is 6.49. The number of methoxy groups -OCH3 is 1. The van der Waals surface area contributed by atoms with Crippen LogP contribution in [0.1, 0.15) is 15.9 Å². The van der Waals surface area contributed by atoms with E-state index in [0.717, 1.165) is 0 Å².